The standard InChI is InChI=1S/C24H29F3N2O3/c1-31-12-11-29(23(30)15-19-6-3-2-4-7-19)18-22-17-28(10-13-32-22)16-20-8-5-9-21(14-20)24(25,26)27/h2-9,14,22H,10-13,15-18H2,1H3. The molecule has 2 aromatic rings. The van der Waals surface area contributed by atoms with Gasteiger partial charge >= 0.3 is 6.18 Å². The Morgan fingerprint density at radius 3 is 2.62 bits per heavy atom. The number of alkyl halides is 3. The summed E-state index contributed by atoms with van der Waals surface area (Å²) in [6, 6.07) is 15.0. The quantitative estimate of drug-likeness (QED) is 0.585. The maximum absolute atomic E-state index is 13.0. The molecule has 1 aliphatic rings. The minimum absolute atomic E-state index is 0.00754. The zero-order chi connectivity index (χ0) is 23.0. The lowest BCUT2D eigenvalue weighted by Crippen LogP contribution is -2.49. The molecule has 0 aliphatic carbocycles. The third kappa shape index (κ3) is 7.32. The van der Waals surface area contributed by atoms with Crippen molar-refractivity contribution in [2.24, 2.45) is 0 Å². The van der Waals surface area contributed by atoms with E-state index in [-0.39, 0.29) is 12.0 Å². The number of amides is 1. The van der Waals surface area contributed by atoms with Crippen LogP contribution in [-0.2, 0) is 33.4 Å². The number of rotatable bonds is 9. The van der Waals surface area contributed by atoms with Crippen molar-refractivity contribution in [2.45, 2.75) is 25.2 Å². The second kappa shape index (κ2) is 11.4. The molecule has 1 fully saturated rings. The molecule has 1 heterocycles. The number of methoxy groups -OCH3 is 1. The van der Waals surface area contributed by atoms with Crippen LogP contribution in [0.3, 0.4) is 0 Å². The fraction of sp³-hybridized carbons (Fsp3) is 0.458. The highest BCUT2D eigenvalue weighted by atomic mass is 19.4. The predicted molar refractivity (Wildman–Crippen MR) is 115 cm³/mol. The Hall–Kier alpha value is -2.42. The Morgan fingerprint density at radius 2 is 1.91 bits per heavy atom. The first-order valence-corrected chi connectivity index (χ1v) is 10.7. The summed E-state index contributed by atoms with van der Waals surface area (Å²) in [4.78, 5) is 16.7. The van der Waals surface area contributed by atoms with Crippen LogP contribution < -0.4 is 0 Å². The smallest absolute Gasteiger partial charge is 0.383 e. The normalized spacial score (nSPS) is 17.3. The number of halogens is 3. The molecule has 0 spiro atoms. The largest absolute Gasteiger partial charge is 0.416 e. The number of morpholine rings is 1. The first kappa shape index (κ1) is 24.2. The zero-order valence-electron chi connectivity index (χ0n) is 18.2. The second-order valence-corrected chi connectivity index (χ2v) is 7.92. The monoisotopic (exact) mass is 450 g/mol. The van der Waals surface area contributed by atoms with Crippen molar-refractivity contribution < 1.29 is 27.4 Å². The van der Waals surface area contributed by atoms with E-state index in [4.69, 9.17) is 9.47 Å². The van der Waals surface area contributed by atoms with Crippen LogP contribution in [0.1, 0.15) is 16.7 Å². The number of nitrogens with zero attached hydrogens (tertiary/aromatic N) is 2. The highest BCUT2D eigenvalue weighted by Gasteiger charge is 2.31. The molecule has 1 atom stereocenters. The van der Waals surface area contributed by atoms with Gasteiger partial charge in [-0.3, -0.25) is 9.69 Å². The molecule has 8 heteroatoms. The van der Waals surface area contributed by atoms with Crippen molar-refractivity contribution >= 4 is 5.91 Å². The minimum Gasteiger partial charge on any atom is -0.383 e. The van der Waals surface area contributed by atoms with Gasteiger partial charge < -0.3 is 14.4 Å². The van der Waals surface area contributed by atoms with Gasteiger partial charge in [0.05, 0.1) is 31.3 Å². The summed E-state index contributed by atoms with van der Waals surface area (Å²) in [5.41, 5.74) is 0.907. The molecule has 174 valence electrons. The molecule has 0 bridgehead atoms. The SMILES string of the molecule is COCCN(CC1CN(Cc2cccc(C(F)(F)F)c2)CCO1)C(=O)Cc1ccccc1. The van der Waals surface area contributed by atoms with Gasteiger partial charge in [-0.15, -0.1) is 0 Å². The topological polar surface area (TPSA) is 42.0 Å². The van der Waals surface area contributed by atoms with E-state index in [2.05, 4.69) is 4.90 Å². The van der Waals surface area contributed by atoms with Crippen LogP contribution in [0, 0.1) is 0 Å². The van der Waals surface area contributed by atoms with Crippen molar-refractivity contribution in [1.82, 2.24) is 9.80 Å². The summed E-state index contributed by atoms with van der Waals surface area (Å²) in [6.45, 7) is 3.32. The third-order valence-corrected chi connectivity index (χ3v) is 5.42. The van der Waals surface area contributed by atoms with Gasteiger partial charge in [-0.05, 0) is 17.2 Å². The number of hydrogen-bond donors (Lipinski definition) is 0. The Labute approximate surface area is 186 Å². The summed E-state index contributed by atoms with van der Waals surface area (Å²) >= 11 is 0. The third-order valence-electron chi connectivity index (χ3n) is 5.42. The van der Waals surface area contributed by atoms with Crippen LogP contribution in [0.4, 0.5) is 13.2 Å². The van der Waals surface area contributed by atoms with Gasteiger partial charge in [0.25, 0.3) is 0 Å². The first-order valence-electron chi connectivity index (χ1n) is 10.7. The number of benzene rings is 2. The lowest BCUT2D eigenvalue weighted by Gasteiger charge is -2.36. The van der Waals surface area contributed by atoms with Crippen LogP contribution >= 0.6 is 0 Å². The number of carbonyl (C=O) groups excluding carboxylic acids is 1. The number of hydrogen-bond acceptors (Lipinski definition) is 4. The van der Waals surface area contributed by atoms with E-state index in [1.807, 2.05) is 30.3 Å². The van der Waals surface area contributed by atoms with Crippen LogP contribution in [-0.4, -0.2) is 68.3 Å². The van der Waals surface area contributed by atoms with Crippen molar-refractivity contribution in [3.63, 3.8) is 0 Å². The molecule has 3 rings (SSSR count). The maximum Gasteiger partial charge on any atom is 0.416 e. The number of carbonyl (C=O) groups is 1. The van der Waals surface area contributed by atoms with E-state index in [1.54, 1.807) is 18.1 Å². The van der Waals surface area contributed by atoms with E-state index in [9.17, 15) is 18.0 Å². The molecular formula is C24H29F3N2O3. The van der Waals surface area contributed by atoms with Crippen molar-refractivity contribution in [3.05, 3.63) is 71.3 Å². The van der Waals surface area contributed by atoms with E-state index >= 15 is 0 Å². The zero-order valence-corrected chi connectivity index (χ0v) is 18.2. The summed E-state index contributed by atoms with van der Waals surface area (Å²) in [5, 5.41) is 0. The van der Waals surface area contributed by atoms with Crippen molar-refractivity contribution in [3.8, 4) is 0 Å². The van der Waals surface area contributed by atoms with Crippen LogP contribution in [0.5, 0.6) is 0 Å². The minimum atomic E-state index is -4.36. The molecule has 5 nitrogen and oxygen atoms in total. The molecular weight excluding hydrogens is 421 g/mol. The summed E-state index contributed by atoms with van der Waals surface area (Å²) in [5.74, 6) is -0.00754. The van der Waals surface area contributed by atoms with Gasteiger partial charge in [0.15, 0.2) is 0 Å². The maximum atomic E-state index is 13.0. The highest BCUT2D eigenvalue weighted by Crippen LogP contribution is 2.29. The molecule has 1 amide bonds. The first-order chi connectivity index (χ1) is 15.3. The van der Waals surface area contributed by atoms with Gasteiger partial charge in [-0.1, -0.05) is 48.5 Å². The van der Waals surface area contributed by atoms with Crippen LogP contribution in [0.2, 0.25) is 0 Å². The van der Waals surface area contributed by atoms with E-state index in [0.29, 0.717) is 57.9 Å². The van der Waals surface area contributed by atoms with E-state index in [0.717, 1.165) is 11.6 Å². The Kier molecular flexibility index (Phi) is 8.67. The van der Waals surface area contributed by atoms with Crippen LogP contribution in [0.25, 0.3) is 0 Å². The van der Waals surface area contributed by atoms with Gasteiger partial charge in [0, 0.05) is 39.8 Å². The second-order valence-electron chi connectivity index (χ2n) is 7.92. The molecule has 1 saturated heterocycles. The predicted octanol–water partition coefficient (Wildman–Crippen LogP) is 3.62. The molecule has 1 unspecified atom stereocenters. The fourth-order valence-corrected chi connectivity index (χ4v) is 3.79. The van der Waals surface area contributed by atoms with E-state index < -0.39 is 11.7 Å². The van der Waals surface area contributed by atoms with Gasteiger partial charge in [-0.25, -0.2) is 0 Å². The Morgan fingerprint density at radius 1 is 1.16 bits per heavy atom. The van der Waals surface area contributed by atoms with Crippen LogP contribution in [0.15, 0.2) is 54.6 Å². The van der Waals surface area contributed by atoms with Crippen molar-refractivity contribution in [1.29, 1.82) is 0 Å². The average molecular weight is 451 g/mol. The molecule has 0 N–H and O–H groups in total. The molecule has 1 aliphatic heterocycles. The molecule has 0 aromatic heterocycles. The van der Waals surface area contributed by atoms with Gasteiger partial charge in [-0.2, -0.15) is 13.2 Å². The van der Waals surface area contributed by atoms with Crippen molar-refractivity contribution in [2.75, 3.05) is 46.5 Å². The summed E-state index contributed by atoms with van der Waals surface area (Å²) in [7, 11) is 1.59. The number of ether oxygens (including phenoxy) is 2. The summed E-state index contributed by atoms with van der Waals surface area (Å²) < 4.78 is 50.1. The van der Waals surface area contributed by atoms with Gasteiger partial charge in [0.2, 0.25) is 5.91 Å². The van der Waals surface area contributed by atoms with E-state index in [1.165, 1.54) is 12.1 Å². The lowest BCUT2D eigenvalue weighted by atomic mass is 10.1. The molecule has 32 heavy (non-hydrogen) atoms. The molecule has 0 radical (unpaired) electrons. The Balaban J connectivity index is 1.60. The highest BCUT2D eigenvalue weighted by molar-refractivity contribution is 5.78. The molecule has 2 aromatic carbocycles. The fourth-order valence-electron chi connectivity index (χ4n) is 3.79. The Bertz CT molecular complexity index is 861. The van der Waals surface area contributed by atoms with Gasteiger partial charge in [0.1, 0.15) is 0 Å². The molecule has 0 saturated carbocycles. The summed E-state index contributed by atoms with van der Waals surface area (Å²) in [6.07, 6.45) is -4.28. The lowest BCUT2D eigenvalue weighted by molar-refractivity contribution is -0.137. The average Bonchev–Trinajstić information content (AvgIpc) is 2.77.